The Labute approximate surface area is 133 Å². The van der Waals surface area contributed by atoms with Gasteiger partial charge in [-0.1, -0.05) is 0 Å². The second-order valence-corrected chi connectivity index (χ2v) is 6.74. The summed E-state index contributed by atoms with van der Waals surface area (Å²) in [6.07, 6.45) is -0.262. The van der Waals surface area contributed by atoms with Gasteiger partial charge in [-0.25, -0.2) is 4.79 Å². The Hall–Kier alpha value is -2.50. The predicted octanol–water partition coefficient (Wildman–Crippen LogP) is 2.36. The molecule has 6 heteroatoms. The predicted molar refractivity (Wildman–Crippen MR) is 86.9 cm³/mol. The minimum Gasteiger partial charge on any atom is -0.489 e. The van der Waals surface area contributed by atoms with Gasteiger partial charge in [0, 0.05) is 34.5 Å². The number of benzene rings is 1. The van der Waals surface area contributed by atoms with Crippen LogP contribution in [0.1, 0.15) is 26.3 Å². The van der Waals surface area contributed by atoms with Crippen molar-refractivity contribution in [2.24, 2.45) is 0 Å². The molecule has 1 amide bonds. The van der Waals surface area contributed by atoms with Gasteiger partial charge >= 0.3 is 6.09 Å². The Morgan fingerprint density at radius 3 is 2.83 bits per heavy atom. The standard InChI is InChI=1S/C17H20N2O4/c1-17(2,3)19-16(21)23-10-8-12-11-4-7-15(20)18-13(11)5-6-14(12)22-9-10/h4-7,10H,8-9H2,1-3H3,(H,18,20)(H,19,21). The first kappa shape index (κ1) is 15.4. The maximum atomic E-state index is 11.9. The van der Waals surface area contributed by atoms with Crippen molar-refractivity contribution in [3.63, 3.8) is 0 Å². The van der Waals surface area contributed by atoms with Crippen molar-refractivity contribution in [2.45, 2.75) is 38.8 Å². The van der Waals surface area contributed by atoms with Crippen molar-refractivity contribution in [3.05, 3.63) is 40.2 Å². The molecule has 0 bridgehead atoms. The first-order chi connectivity index (χ1) is 10.8. The number of H-pyrrole nitrogens is 1. The number of nitrogens with one attached hydrogen (secondary N) is 2. The van der Waals surface area contributed by atoms with Crippen molar-refractivity contribution >= 4 is 17.0 Å². The number of rotatable bonds is 1. The summed E-state index contributed by atoms with van der Waals surface area (Å²) in [7, 11) is 0. The number of ether oxygens (including phenoxy) is 2. The number of pyridine rings is 1. The first-order valence-corrected chi connectivity index (χ1v) is 7.58. The highest BCUT2D eigenvalue weighted by atomic mass is 16.6. The molecule has 0 aliphatic carbocycles. The third-order valence-corrected chi connectivity index (χ3v) is 3.58. The first-order valence-electron chi connectivity index (χ1n) is 7.58. The van der Waals surface area contributed by atoms with Crippen LogP contribution in [0.25, 0.3) is 10.9 Å². The molecule has 1 aromatic heterocycles. The lowest BCUT2D eigenvalue weighted by Gasteiger charge is -2.28. The van der Waals surface area contributed by atoms with Crippen LogP contribution in [0, 0.1) is 0 Å². The molecule has 0 fully saturated rings. The molecule has 0 radical (unpaired) electrons. The van der Waals surface area contributed by atoms with Crippen molar-refractivity contribution < 1.29 is 14.3 Å². The molecule has 1 unspecified atom stereocenters. The lowest BCUT2D eigenvalue weighted by Crippen LogP contribution is -2.44. The number of hydrogen-bond acceptors (Lipinski definition) is 4. The van der Waals surface area contributed by atoms with E-state index >= 15 is 0 Å². The Kier molecular flexibility index (Phi) is 3.75. The van der Waals surface area contributed by atoms with E-state index in [2.05, 4.69) is 10.3 Å². The minimum absolute atomic E-state index is 0.147. The second-order valence-electron chi connectivity index (χ2n) is 6.74. The van der Waals surface area contributed by atoms with Crippen LogP contribution in [0.3, 0.4) is 0 Å². The molecule has 122 valence electrons. The normalized spacial score (nSPS) is 17.3. The summed E-state index contributed by atoms with van der Waals surface area (Å²) in [5.41, 5.74) is 1.20. The number of aromatic amines is 1. The van der Waals surface area contributed by atoms with Crippen molar-refractivity contribution in [3.8, 4) is 5.75 Å². The highest BCUT2D eigenvalue weighted by Crippen LogP contribution is 2.31. The van der Waals surface area contributed by atoms with Gasteiger partial charge in [0.2, 0.25) is 5.56 Å². The molecule has 0 spiro atoms. The zero-order valence-electron chi connectivity index (χ0n) is 13.4. The summed E-state index contributed by atoms with van der Waals surface area (Å²) >= 11 is 0. The lowest BCUT2D eigenvalue weighted by atomic mass is 9.99. The van der Waals surface area contributed by atoms with Crippen molar-refractivity contribution in [1.29, 1.82) is 0 Å². The van der Waals surface area contributed by atoms with Crippen LogP contribution in [0.2, 0.25) is 0 Å². The molecule has 3 rings (SSSR count). The number of aromatic nitrogens is 1. The summed E-state index contributed by atoms with van der Waals surface area (Å²) in [6, 6.07) is 6.91. The van der Waals surface area contributed by atoms with E-state index in [1.807, 2.05) is 32.9 Å². The van der Waals surface area contributed by atoms with Crippen LogP contribution in [0.5, 0.6) is 5.75 Å². The van der Waals surface area contributed by atoms with E-state index in [0.717, 1.165) is 22.2 Å². The molecular weight excluding hydrogens is 296 g/mol. The molecule has 1 atom stereocenters. The van der Waals surface area contributed by atoms with Crippen LogP contribution >= 0.6 is 0 Å². The number of amides is 1. The molecule has 1 aliphatic rings. The largest absolute Gasteiger partial charge is 0.489 e. The molecule has 23 heavy (non-hydrogen) atoms. The fraction of sp³-hybridized carbons (Fsp3) is 0.412. The average Bonchev–Trinajstić information content (AvgIpc) is 2.44. The third kappa shape index (κ3) is 3.47. The quantitative estimate of drug-likeness (QED) is 0.846. The molecule has 2 N–H and O–H groups in total. The molecule has 6 nitrogen and oxygen atoms in total. The Morgan fingerprint density at radius 2 is 2.09 bits per heavy atom. The van der Waals surface area contributed by atoms with E-state index in [4.69, 9.17) is 9.47 Å². The van der Waals surface area contributed by atoms with Gasteiger partial charge in [-0.15, -0.1) is 0 Å². The number of alkyl carbamates (subject to hydrolysis) is 1. The average molecular weight is 316 g/mol. The number of hydrogen-bond donors (Lipinski definition) is 2. The van der Waals surface area contributed by atoms with E-state index in [0.29, 0.717) is 13.0 Å². The molecule has 2 aromatic rings. The van der Waals surface area contributed by atoms with Crippen LogP contribution < -0.4 is 15.6 Å². The van der Waals surface area contributed by atoms with Gasteiger partial charge in [0.1, 0.15) is 18.5 Å². The minimum atomic E-state index is -0.455. The number of fused-ring (bicyclic) bond motifs is 3. The monoisotopic (exact) mass is 316 g/mol. The van der Waals surface area contributed by atoms with Gasteiger partial charge in [-0.3, -0.25) is 4.79 Å². The molecular formula is C17H20N2O4. The van der Waals surface area contributed by atoms with Gasteiger partial charge in [-0.05, 0) is 39.0 Å². The van der Waals surface area contributed by atoms with E-state index in [9.17, 15) is 9.59 Å². The Balaban J connectivity index is 1.82. The molecule has 1 aliphatic heterocycles. The maximum absolute atomic E-state index is 11.9. The van der Waals surface area contributed by atoms with Crippen LogP contribution in [-0.4, -0.2) is 29.3 Å². The maximum Gasteiger partial charge on any atom is 0.407 e. The summed E-state index contributed by atoms with van der Waals surface area (Å²) < 4.78 is 11.2. The van der Waals surface area contributed by atoms with E-state index in [-0.39, 0.29) is 17.2 Å². The van der Waals surface area contributed by atoms with Crippen molar-refractivity contribution in [2.75, 3.05) is 6.61 Å². The topological polar surface area (TPSA) is 80.4 Å². The number of carbonyl (C=O) groups excluding carboxylic acids is 1. The van der Waals surface area contributed by atoms with Gasteiger partial charge in [0.05, 0.1) is 0 Å². The van der Waals surface area contributed by atoms with E-state index in [1.54, 1.807) is 6.07 Å². The highest BCUT2D eigenvalue weighted by molar-refractivity contribution is 5.84. The van der Waals surface area contributed by atoms with Gasteiger partial charge in [0.25, 0.3) is 0 Å². The van der Waals surface area contributed by atoms with Gasteiger partial charge in [0.15, 0.2) is 0 Å². The summed E-state index contributed by atoms with van der Waals surface area (Å²) in [5, 5.41) is 3.68. The summed E-state index contributed by atoms with van der Waals surface area (Å²) in [5.74, 6) is 0.764. The summed E-state index contributed by atoms with van der Waals surface area (Å²) in [6.45, 7) is 6.00. The summed E-state index contributed by atoms with van der Waals surface area (Å²) in [4.78, 5) is 26.1. The smallest absolute Gasteiger partial charge is 0.407 e. The molecule has 0 saturated carbocycles. The third-order valence-electron chi connectivity index (χ3n) is 3.58. The molecule has 0 saturated heterocycles. The van der Waals surface area contributed by atoms with Crippen LogP contribution in [0.4, 0.5) is 4.79 Å². The Bertz CT molecular complexity index is 804. The van der Waals surface area contributed by atoms with E-state index < -0.39 is 6.09 Å². The van der Waals surface area contributed by atoms with Crippen molar-refractivity contribution in [1.82, 2.24) is 10.3 Å². The number of carbonyl (C=O) groups is 1. The van der Waals surface area contributed by atoms with E-state index in [1.165, 1.54) is 6.07 Å². The van der Waals surface area contributed by atoms with Gasteiger partial charge in [-0.2, -0.15) is 0 Å². The zero-order chi connectivity index (χ0) is 16.6. The molecule has 2 heterocycles. The van der Waals surface area contributed by atoms with Crippen LogP contribution in [-0.2, 0) is 11.2 Å². The zero-order valence-corrected chi connectivity index (χ0v) is 13.4. The fourth-order valence-corrected chi connectivity index (χ4v) is 2.66. The van der Waals surface area contributed by atoms with Gasteiger partial charge < -0.3 is 19.8 Å². The Morgan fingerprint density at radius 1 is 1.30 bits per heavy atom. The lowest BCUT2D eigenvalue weighted by molar-refractivity contribution is 0.0521. The SMILES string of the molecule is CC(C)(C)NC(=O)OC1COc2ccc3[nH]c(=O)ccc3c2C1. The second kappa shape index (κ2) is 5.61. The van der Waals surface area contributed by atoms with Crippen LogP contribution in [0.15, 0.2) is 29.1 Å². The highest BCUT2D eigenvalue weighted by Gasteiger charge is 2.26. The molecule has 1 aromatic carbocycles. The fourth-order valence-electron chi connectivity index (χ4n) is 2.66.